The second-order valence-electron chi connectivity index (χ2n) is 6.66. The maximum absolute atomic E-state index is 8.54. The standard InChI is InChI=1S/C15H22N2O3Si/c1-15(2,3)21(4,5)19-10-12-7-13-14(20-12)6-11(8-16-13)9-17-18/h6-9,18H,10H2,1-5H3/b17-9+. The molecule has 114 valence electrons. The summed E-state index contributed by atoms with van der Waals surface area (Å²) < 4.78 is 11.9. The van der Waals surface area contributed by atoms with Gasteiger partial charge in [-0.3, -0.25) is 4.98 Å². The van der Waals surface area contributed by atoms with E-state index in [1.54, 1.807) is 12.3 Å². The number of nitrogens with zero attached hydrogens (tertiary/aromatic N) is 2. The van der Waals surface area contributed by atoms with Crippen molar-refractivity contribution in [3.05, 3.63) is 29.7 Å². The van der Waals surface area contributed by atoms with Crippen molar-refractivity contribution < 1.29 is 14.1 Å². The highest BCUT2D eigenvalue weighted by atomic mass is 28.4. The number of fused-ring (bicyclic) bond motifs is 1. The first kappa shape index (κ1) is 15.7. The molecule has 2 rings (SSSR count). The van der Waals surface area contributed by atoms with E-state index in [-0.39, 0.29) is 5.04 Å². The van der Waals surface area contributed by atoms with Gasteiger partial charge in [0.2, 0.25) is 0 Å². The van der Waals surface area contributed by atoms with Gasteiger partial charge in [0.1, 0.15) is 11.3 Å². The van der Waals surface area contributed by atoms with Gasteiger partial charge in [0.15, 0.2) is 13.9 Å². The fraction of sp³-hybridized carbons (Fsp3) is 0.467. The topological polar surface area (TPSA) is 67.9 Å². The van der Waals surface area contributed by atoms with E-state index in [0.29, 0.717) is 17.8 Å². The van der Waals surface area contributed by atoms with Crippen LogP contribution in [0, 0.1) is 0 Å². The largest absolute Gasteiger partial charge is 0.457 e. The highest BCUT2D eigenvalue weighted by Gasteiger charge is 2.37. The second-order valence-corrected chi connectivity index (χ2v) is 11.5. The Kier molecular flexibility index (Phi) is 4.20. The van der Waals surface area contributed by atoms with Gasteiger partial charge in [-0.25, -0.2) is 0 Å². The average Bonchev–Trinajstić information content (AvgIpc) is 2.77. The van der Waals surface area contributed by atoms with E-state index >= 15 is 0 Å². The van der Waals surface area contributed by atoms with Gasteiger partial charge in [0, 0.05) is 17.8 Å². The Morgan fingerprint density at radius 3 is 2.71 bits per heavy atom. The molecule has 0 unspecified atom stereocenters. The number of pyridine rings is 1. The molecule has 0 saturated heterocycles. The molecule has 2 aromatic heterocycles. The first-order valence-electron chi connectivity index (χ1n) is 6.93. The average molecular weight is 306 g/mol. The molecule has 2 aromatic rings. The van der Waals surface area contributed by atoms with Gasteiger partial charge in [0.05, 0.1) is 12.8 Å². The predicted molar refractivity (Wildman–Crippen MR) is 85.4 cm³/mol. The summed E-state index contributed by atoms with van der Waals surface area (Å²) in [6.45, 7) is 11.5. The first-order valence-corrected chi connectivity index (χ1v) is 9.83. The van der Waals surface area contributed by atoms with Crippen LogP contribution in [0.1, 0.15) is 32.1 Å². The van der Waals surface area contributed by atoms with E-state index in [4.69, 9.17) is 14.1 Å². The van der Waals surface area contributed by atoms with Crippen LogP contribution in [-0.2, 0) is 11.0 Å². The summed E-state index contributed by atoms with van der Waals surface area (Å²) in [6, 6.07) is 3.68. The number of oxime groups is 1. The number of hydrogen-bond donors (Lipinski definition) is 1. The van der Waals surface area contributed by atoms with E-state index < -0.39 is 8.32 Å². The molecule has 0 aliphatic heterocycles. The lowest BCUT2D eigenvalue weighted by Gasteiger charge is -2.35. The Labute approximate surface area is 125 Å². The lowest BCUT2D eigenvalue weighted by Crippen LogP contribution is -2.40. The maximum atomic E-state index is 8.54. The zero-order chi connectivity index (χ0) is 15.7. The van der Waals surface area contributed by atoms with Crippen molar-refractivity contribution in [1.82, 2.24) is 4.98 Å². The Morgan fingerprint density at radius 2 is 2.10 bits per heavy atom. The Morgan fingerprint density at radius 1 is 1.38 bits per heavy atom. The minimum Gasteiger partial charge on any atom is -0.457 e. The Bertz CT molecular complexity index is 656. The zero-order valence-electron chi connectivity index (χ0n) is 13.2. The smallest absolute Gasteiger partial charge is 0.192 e. The van der Waals surface area contributed by atoms with Gasteiger partial charge in [-0.15, -0.1) is 0 Å². The van der Waals surface area contributed by atoms with Gasteiger partial charge < -0.3 is 14.1 Å². The summed E-state index contributed by atoms with van der Waals surface area (Å²) in [6.07, 6.45) is 2.96. The van der Waals surface area contributed by atoms with Crippen LogP contribution in [0.3, 0.4) is 0 Å². The van der Waals surface area contributed by atoms with Crippen molar-refractivity contribution in [3.8, 4) is 0 Å². The predicted octanol–water partition coefficient (Wildman–Crippen LogP) is 4.16. The van der Waals surface area contributed by atoms with E-state index in [2.05, 4.69) is 44.0 Å². The molecule has 0 amide bonds. The van der Waals surface area contributed by atoms with Crippen molar-refractivity contribution in [2.45, 2.75) is 45.5 Å². The fourth-order valence-electron chi connectivity index (χ4n) is 1.66. The highest BCUT2D eigenvalue weighted by molar-refractivity contribution is 6.74. The molecule has 0 spiro atoms. The molecule has 6 heteroatoms. The van der Waals surface area contributed by atoms with Crippen LogP contribution in [-0.4, -0.2) is 24.7 Å². The summed E-state index contributed by atoms with van der Waals surface area (Å²) in [5.74, 6) is 0.764. The lowest BCUT2D eigenvalue weighted by atomic mass is 10.2. The molecule has 1 N–H and O–H groups in total. The molecular formula is C15H22N2O3Si. The quantitative estimate of drug-likeness (QED) is 0.398. The van der Waals surface area contributed by atoms with Crippen molar-refractivity contribution in [2.24, 2.45) is 5.16 Å². The van der Waals surface area contributed by atoms with Crippen molar-refractivity contribution in [1.29, 1.82) is 0 Å². The molecule has 21 heavy (non-hydrogen) atoms. The lowest BCUT2D eigenvalue weighted by molar-refractivity contribution is 0.249. The van der Waals surface area contributed by atoms with E-state index in [0.717, 1.165) is 11.3 Å². The zero-order valence-corrected chi connectivity index (χ0v) is 14.2. The summed E-state index contributed by atoms with van der Waals surface area (Å²) in [5, 5.41) is 11.7. The van der Waals surface area contributed by atoms with E-state index in [1.807, 2.05) is 6.07 Å². The van der Waals surface area contributed by atoms with Crippen LogP contribution in [0.5, 0.6) is 0 Å². The number of rotatable bonds is 4. The number of furan rings is 1. The van der Waals surface area contributed by atoms with Gasteiger partial charge in [-0.2, -0.15) is 0 Å². The van der Waals surface area contributed by atoms with Crippen LogP contribution in [0.2, 0.25) is 18.1 Å². The maximum Gasteiger partial charge on any atom is 0.192 e. The Balaban J connectivity index is 2.17. The van der Waals surface area contributed by atoms with Crippen LogP contribution in [0.15, 0.2) is 27.9 Å². The van der Waals surface area contributed by atoms with E-state index in [1.165, 1.54) is 6.21 Å². The molecule has 0 aliphatic carbocycles. The molecule has 5 nitrogen and oxygen atoms in total. The molecule has 0 radical (unpaired) electrons. The van der Waals surface area contributed by atoms with Crippen LogP contribution in [0.25, 0.3) is 11.1 Å². The van der Waals surface area contributed by atoms with Crippen molar-refractivity contribution in [3.63, 3.8) is 0 Å². The third-order valence-corrected chi connectivity index (χ3v) is 8.51. The summed E-state index contributed by atoms with van der Waals surface area (Å²) in [4.78, 5) is 4.27. The second kappa shape index (κ2) is 5.61. The van der Waals surface area contributed by atoms with Crippen LogP contribution < -0.4 is 0 Å². The third kappa shape index (κ3) is 3.51. The minimum absolute atomic E-state index is 0.169. The van der Waals surface area contributed by atoms with Gasteiger partial charge >= 0.3 is 0 Å². The van der Waals surface area contributed by atoms with E-state index in [9.17, 15) is 0 Å². The SMILES string of the molecule is CC(C)(C)[Si](C)(C)OCc1cc2ncc(/C=N/O)cc2o1. The molecule has 0 aliphatic rings. The fourth-order valence-corrected chi connectivity index (χ4v) is 2.60. The highest BCUT2D eigenvalue weighted by Crippen LogP contribution is 2.37. The molecule has 0 saturated carbocycles. The minimum atomic E-state index is -1.79. The van der Waals surface area contributed by atoms with Gasteiger partial charge in [-0.1, -0.05) is 25.9 Å². The monoisotopic (exact) mass is 306 g/mol. The molecule has 0 fully saturated rings. The Hall–Kier alpha value is -1.66. The summed E-state index contributed by atoms with van der Waals surface area (Å²) in [5.41, 5.74) is 2.14. The third-order valence-electron chi connectivity index (χ3n) is 4.03. The van der Waals surface area contributed by atoms with Crippen molar-refractivity contribution in [2.75, 3.05) is 0 Å². The van der Waals surface area contributed by atoms with Gasteiger partial charge in [-0.05, 0) is 24.2 Å². The molecular weight excluding hydrogens is 284 g/mol. The normalized spacial score (nSPS) is 13.4. The molecule has 2 heterocycles. The van der Waals surface area contributed by atoms with Gasteiger partial charge in [0.25, 0.3) is 0 Å². The number of hydrogen-bond acceptors (Lipinski definition) is 5. The summed E-state index contributed by atoms with van der Waals surface area (Å²) >= 11 is 0. The van der Waals surface area contributed by atoms with Crippen LogP contribution in [0.4, 0.5) is 0 Å². The molecule has 0 atom stereocenters. The first-order chi connectivity index (χ1) is 9.73. The molecule has 0 aromatic carbocycles. The van der Waals surface area contributed by atoms with Crippen molar-refractivity contribution >= 4 is 25.6 Å². The summed E-state index contributed by atoms with van der Waals surface area (Å²) in [7, 11) is -1.79. The van der Waals surface area contributed by atoms with Crippen LogP contribution >= 0.6 is 0 Å². The molecule has 0 bridgehead atoms. The number of aromatic nitrogens is 1.